The van der Waals surface area contributed by atoms with Crippen LogP contribution in [0.15, 0.2) is 18.2 Å². The first-order chi connectivity index (χ1) is 7.54. The van der Waals surface area contributed by atoms with Gasteiger partial charge in [0.05, 0.1) is 19.2 Å². The van der Waals surface area contributed by atoms with Crippen LogP contribution in [-0.2, 0) is 9.53 Å². The molecule has 88 valence electrons. The van der Waals surface area contributed by atoms with Crippen molar-refractivity contribution in [3.8, 4) is 0 Å². The summed E-state index contributed by atoms with van der Waals surface area (Å²) in [4.78, 5) is 12.9. The molecule has 16 heavy (non-hydrogen) atoms. The van der Waals surface area contributed by atoms with Crippen LogP contribution in [0.3, 0.4) is 0 Å². The monoisotopic (exact) mass is 337 g/mol. The predicted octanol–water partition coefficient (Wildman–Crippen LogP) is 2.43. The van der Waals surface area contributed by atoms with Crippen molar-refractivity contribution in [3.05, 3.63) is 27.6 Å². The van der Waals surface area contributed by atoms with Gasteiger partial charge in [0.15, 0.2) is 0 Å². The number of esters is 1. The Hall–Kier alpha value is -0.850. The molecule has 0 radical (unpaired) electrons. The number of hydrogen-bond acceptors (Lipinski definition) is 3. The molecule has 0 spiro atoms. The van der Waals surface area contributed by atoms with Crippen LogP contribution in [0.5, 0.6) is 0 Å². The molecule has 0 unspecified atom stereocenters. The lowest BCUT2D eigenvalue weighted by Gasteiger charge is -2.20. The zero-order chi connectivity index (χ0) is 12.1. The van der Waals surface area contributed by atoms with E-state index in [4.69, 9.17) is 0 Å². The maximum Gasteiger partial charge on any atom is 0.307 e. The second-order valence-electron chi connectivity index (χ2n) is 3.34. The van der Waals surface area contributed by atoms with Crippen LogP contribution in [0, 0.1) is 9.39 Å². The number of carbonyl (C=O) groups is 1. The van der Waals surface area contributed by atoms with Gasteiger partial charge in [0, 0.05) is 17.2 Å². The lowest BCUT2D eigenvalue weighted by Crippen LogP contribution is -2.22. The summed E-state index contributed by atoms with van der Waals surface area (Å²) in [6, 6.07) is 4.57. The molecule has 0 saturated heterocycles. The van der Waals surface area contributed by atoms with Crippen molar-refractivity contribution in [1.82, 2.24) is 0 Å². The first-order valence-electron chi connectivity index (χ1n) is 4.77. The molecule has 1 rings (SSSR count). The zero-order valence-corrected chi connectivity index (χ0v) is 11.3. The van der Waals surface area contributed by atoms with Crippen molar-refractivity contribution in [2.24, 2.45) is 0 Å². The van der Waals surface area contributed by atoms with Gasteiger partial charge in [-0.05, 0) is 40.8 Å². The van der Waals surface area contributed by atoms with E-state index in [1.807, 2.05) is 11.9 Å². The number of anilines is 1. The molecule has 1 aromatic carbocycles. The summed E-state index contributed by atoms with van der Waals surface area (Å²) in [5, 5.41) is 0. The zero-order valence-electron chi connectivity index (χ0n) is 9.17. The summed E-state index contributed by atoms with van der Waals surface area (Å²) in [5.41, 5.74) is 0.908. The van der Waals surface area contributed by atoms with Gasteiger partial charge in [-0.15, -0.1) is 0 Å². The molecular formula is C11H13FINO2. The molecule has 5 heteroatoms. The number of ether oxygens (including phenoxy) is 1. The molecule has 0 bridgehead atoms. The molecule has 1 aromatic rings. The first kappa shape index (κ1) is 13.2. The fraction of sp³-hybridized carbons (Fsp3) is 0.364. The van der Waals surface area contributed by atoms with Crippen LogP contribution in [0.4, 0.5) is 10.1 Å². The smallest absolute Gasteiger partial charge is 0.307 e. The minimum absolute atomic E-state index is 0.246. The highest BCUT2D eigenvalue weighted by Gasteiger charge is 2.08. The minimum Gasteiger partial charge on any atom is -0.469 e. The molecule has 0 saturated carbocycles. The molecule has 0 amide bonds. The number of carbonyl (C=O) groups excluding carboxylic acids is 1. The van der Waals surface area contributed by atoms with E-state index in [2.05, 4.69) is 27.3 Å². The van der Waals surface area contributed by atoms with E-state index in [0.717, 1.165) is 9.26 Å². The topological polar surface area (TPSA) is 29.5 Å². The van der Waals surface area contributed by atoms with Crippen molar-refractivity contribution < 1.29 is 13.9 Å². The number of benzene rings is 1. The highest BCUT2D eigenvalue weighted by atomic mass is 127. The maximum atomic E-state index is 12.9. The summed E-state index contributed by atoms with van der Waals surface area (Å²) in [5.74, 6) is -0.501. The molecule has 0 aliphatic rings. The van der Waals surface area contributed by atoms with E-state index >= 15 is 0 Å². The van der Waals surface area contributed by atoms with E-state index < -0.39 is 0 Å². The third-order valence-corrected chi connectivity index (χ3v) is 3.06. The van der Waals surface area contributed by atoms with E-state index in [1.165, 1.54) is 19.2 Å². The molecule has 0 aliphatic carbocycles. The third-order valence-electron chi connectivity index (χ3n) is 2.20. The van der Waals surface area contributed by atoms with Gasteiger partial charge in [-0.1, -0.05) is 0 Å². The van der Waals surface area contributed by atoms with Gasteiger partial charge in [-0.3, -0.25) is 4.79 Å². The Morgan fingerprint density at radius 2 is 2.25 bits per heavy atom. The van der Waals surface area contributed by atoms with Crippen LogP contribution in [0.25, 0.3) is 0 Å². The molecule has 3 nitrogen and oxygen atoms in total. The molecular weight excluding hydrogens is 324 g/mol. The Balaban J connectivity index is 2.65. The van der Waals surface area contributed by atoms with Crippen LogP contribution >= 0.6 is 22.6 Å². The summed E-state index contributed by atoms with van der Waals surface area (Å²) in [6.45, 7) is 0.550. The van der Waals surface area contributed by atoms with Gasteiger partial charge in [0.1, 0.15) is 5.82 Å². The van der Waals surface area contributed by atoms with Crippen molar-refractivity contribution in [2.75, 3.05) is 25.6 Å². The lowest BCUT2D eigenvalue weighted by molar-refractivity contribution is -0.140. The Morgan fingerprint density at radius 1 is 1.56 bits per heavy atom. The number of methoxy groups -OCH3 is 1. The van der Waals surface area contributed by atoms with Gasteiger partial charge in [0.25, 0.3) is 0 Å². The van der Waals surface area contributed by atoms with Gasteiger partial charge in [-0.2, -0.15) is 0 Å². The standard InChI is InChI=1S/C11H13FINO2/c1-14(6-5-11(15)16-2)10-4-3-8(12)7-9(10)13/h3-4,7H,5-6H2,1-2H3. The molecule has 0 aromatic heterocycles. The number of hydrogen-bond donors (Lipinski definition) is 0. The van der Waals surface area contributed by atoms with Gasteiger partial charge in [0.2, 0.25) is 0 Å². The molecule has 0 atom stereocenters. The van der Waals surface area contributed by atoms with E-state index in [9.17, 15) is 9.18 Å². The average molecular weight is 337 g/mol. The number of nitrogens with zero attached hydrogens (tertiary/aromatic N) is 1. The fourth-order valence-electron chi connectivity index (χ4n) is 1.27. The fourth-order valence-corrected chi connectivity index (χ4v) is 2.16. The Kier molecular flexibility index (Phi) is 4.98. The molecule has 0 aliphatic heterocycles. The van der Waals surface area contributed by atoms with E-state index in [0.29, 0.717) is 13.0 Å². The maximum absolute atomic E-state index is 12.9. The van der Waals surface area contributed by atoms with Crippen LogP contribution in [0.2, 0.25) is 0 Å². The van der Waals surface area contributed by atoms with E-state index in [-0.39, 0.29) is 11.8 Å². The molecule has 0 fully saturated rings. The minimum atomic E-state index is -0.255. The average Bonchev–Trinajstić information content (AvgIpc) is 2.25. The van der Waals surface area contributed by atoms with Crippen molar-refractivity contribution >= 4 is 34.2 Å². The number of halogens is 2. The van der Waals surface area contributed by atoms with Crippen LogP contribution in [-0.4, -0.2) is 26.7 Å². The Labute approximate surface area is 108 Å². The second kappa shape index (κ2) is 6.03. The summed E-state index contributed by atoms with van der Waals surface area (Å²) in [7, 11) is 3.22. The molecule has 0 heterocycles. The highest BCUT2D eigenvalue weighted by molar-refractivity contribution is 14.1. The van der Waals surface area contributed by atoms with E-state index in [1.54, 1.807) is 6.07 Å². The second-order valence-corrected chi connectivity index (χ2v) is 4.51. The van der Waals surface area contributed by atoms with Crippen LogP contribution in [0.1, 0.15) is 6.42 Å². The number of rotatable bonds is 4. The molecule has 0 N–H and O–H groups in total. The summed E-state index contributed by atoms with van der Waals surface area (Å²) < 4.78 is 18.3. The van der Waals surface area contributed by atoms with Crippen LogP contribution < -0.4 is 4.90 Å². The van der Waals surface area contributed by atoms with Crippen molar-refractivity contribution in [3.63, 3.8) is 0 Å². The van der Waals surface area contributed by atoms with Gasteiger partial charge in [-0.25, -0.2) is 4.39 Å². The first-order valence-corrected chi connectivity index (χ1v) is 5.85. The highest BCUT2D eigenvalue weighted by Crippen LogP contribution is 2.22. The SMILES string of the molecule is COC(=O)CCN(C)c1ccc(F)cc1I. The normalized spacial score (nSPS) is 10.0. The van der Waals surface area contributed by atoms with Gasteiger partial charge >= 0.3 is 5.97 Å². The Bertz CT molecular complexity index is 384. The quantitative estimate of drug-likeness (QED) is 0.624. The predicted molar refractivity (Wildman–Crippen MR) is 69.0 cm³/mol. The lowest BCUT2D eigenvalue weighted by atomic mass is 10.3. The largest absolute Gasteiger partial charge is 0.469 e. The van der Waals surface area contributed by atoms with Gasteiger partial charge < -0.3 is 9.64 Å². The summed E-state index contributed by atoms with van der Waals surface area (Å²) >= 11 is 2.07. The third kappa shape index (κ3) is 3.62. The van der Waals surface area contributed by atoms with Crippen molar-refractivity contribution in [1.29, 1.82) is 0 Å². The summed E-state index contributed by atoms with van der Waals surface area (Å²) in [6.07, 6.45) is 0.320. The Morgan fingerprint density at radius 3 is 2.81 bits per heavy atom. The van der Waals surface area contributed by atoms with Crippen molar-refractivity contribution in [2.45, 2.75) is 6.42 Å².